The molecule has 0 saturated carbocycles. The third-order valence-electron chi connectivity index (χ3n) is 2.60. The normalized spacial score (nSPS) is 13.2. The van der Waals surface area contributed by atoms with Gasteiger partial charge in [-0.05, 0) is 25.6 Å². The number of fused-ring (bicyclic) bond motifs is 1. The minimum atomic E-state index is 0.549. The van der Waals surface area contributed by atoms with E-state index in [0.29, 0.717) is 5.92 Å². The van der Waals surface area contributed by atoms with Crippen molar-refractivity contribution in [2.45, 2.75) is 19.3 Å². The Labute approximate surface area is 94.3 Å². The van der Waals surface area contributed by atoms with E-state index in [9.17, 15) is 0 Å². The largest absolute Gasteiger partial charge is 0.319 e. The van der Waals surface area contributed by atoms with Gasteiger partial charge < -0.3 is 5.32 Å². The highest BCUT2D eigenvalue weighted by molar-refractivity contribution is 7.18. The smallest absolute Gasteiger partial charge is 0.0982 e. The Balaban J connectivity index is 2.34. The lowest BCUT2D eigenvalue weighted by atomic mass is 10.1. The summed E-state index contributed by atoms with van der Waals surface area (Å²) in [6.07, 6.45) is 1.14. The van der Waals surface area contributed by atoms with Crippen molar-refractivity contribution in [2.75, 3.05) is 13.6 Å². The van der Waals surface area contributed by atoms with Gasteiger partial charge in [0.1, 0.15) is 0 Å². The molecular weight excluding hydrogens is 204 g/mol. The molecule has 0 radical (unpaired) electrons. The number of likely N-dealkylation sites (N-methyl/N-ethyl adjacent to an activating group) is 1. The third-order valence-corrected chi connectivity index (χ3v) is 3.80. The van der Waals surface area contributed by atoms with E-state index in [1.165, 1.54) is 9.71 Å². The summed E-state index contributed by atoms with van der Waals surface area (Å²) < 4.78 is 1.29. The minimum Gasteiger partial charge on any atom is -0.319 e. The van der Waals surface area contributed by atoms with Gasteiger partial charge in [0.15, 0.2) is 0 Å². The molecule has 2 aromatic rings. The van der Waals surface area contributed by atoms with Crippen LogP contribution in [0, 0.1) is 0 Å². The zero-order chi connectivity index (χ0) is 10.7. The van der Waals surface area contributed by atoms with E-state index in [1.807, 2.05) is 24.5 Å². The van der Waals surface area contributed by atoms with Gasteiger partial charge in [-0.2, -0.15) is 0 Å². The second-order valence-corrected chi connectivity index (χ2v) is 4.74. The Morgan fingerprint density at radius 2 is 2.20 bits per heavy atom. The van der Waals surface area contributed by atoms with Crippen molar-refractivity contribution in [1.82, 2.24) is 10.3 Å². The summed E-state index contributed by atoms with van der Waals surface area (Å²) in [4.78, 5) is 4.68. The van der Waals surface area contributed by atoms with Crippen molar-refractivity contribution in [3.05, 3.63) is 29.3 Å². The lowest BCUT2D eigenvalue weighted by Gasteiger charge is -2.09. The van der Waals surface area contributed by atoms with Crippen LogP contribution < -0.4 is 5.32 Å². The van der Waals surface area contributed by atoms with Crippen LogP contribution in [0.1, 0.15) is 24.3 Å². The van der Waals surface area contributed by atoms with Gasteiger partial charge in [-0.1, -0.05) is 19.1 Å². The predicted octanol–water partition coefficient (Wildman–Crippen LogP) is 3.01. The van der Waals surface area contributed by atoms with E-state index < -0.39 is 0 Å². The first-order valence-electron chi connectivity index (χ1n) is 5.35. The molecule has 1 aromatic heterocycles. The van der Waals surface area contributed by atoms with Crippen LogP contribution in [-0.4, -0.2) is 18.6 Å². The summed E-state index contributed by atoms with van der Waals surface area (Å²) >= 11 is 1.82. The van der Waals surface area contributed by atoms with E-state index in [4.69, 9.17) is 0 Å². The molecule has 0 aliphatic heterocycles. The molecule has 1 atom stereocenters. The highest BCUT2D eigenvalue weighted by atomic mass is 32.1. The van der Waals surface area contributed by atoms with E-state index in [1.54, 1.807) is 0 Å². The van der Waals surface area contributed by atoms with E-state index in [-0.39, 0.29) is 0 Å². The number of benzene rings is 1. The van der Waals surface area contributed by atoms with Gasteiger partial charge >= 0.3 is 0 Å². The summed E-state index contributed by atoms with van der Waals surface area (Å²) in [6.45, 7) is 3.23. The Bertz CT molecular complexity index is 403. The molecule has 15 heavy (non-hydrogen) atoms. The number of para-hydroxylation sites is 1. The molecule has 1 unspecified atom stereocenters. The molecule has 1 aromatic carbocycles. The number of thiazole rings is 1. The van der Waals surface area contributed by atoms with Gasteiger partial charge in [0.05, 0.1) is 15.2 Å². The summed E-state index contributed by atoms with van der Waals surface area (Å²) in [7, 11) is 2.00. The van der Waals surface area contributed by atoms with Gasteiger partial charge in [0.25, 0.3) is 0 Å². The molecule has 0 spiro atoms. The Kier molecular flexibility index (Phi) is 3.34. The highest BCUT2D eigenvalue weighted by Gasteiger charge is 2.13. The van der Waals surface area contributed by atoms with Crippen molar-refractivity contribution in [2.24, 2.45) is 0 Å². The average Bonchev–Trinajstić information content (AvgIpc) is 2.69. The molecule has 1 heterocycles. The van der Waals surface area contributed by atoms with Gasteiger partial charge in [-0.3, -0.25) is 0 Å². The standard InChI is InChI=1S/C12H16N2S/c1-3-9(8-13-2)12-14-10-6-4-5-7-11(10)15-12/h4-7,9,13H,3,8H2,1-2H3. The zero-order valence-electron chi connectivity index (χ0n) is 9.16. The second-order valence-electron chi connectivity index (χ2n) is 3.68. The summed E-state index contributed by atoms with van der Waals surface area (Å²) in [5, 5.41) is 4.49. The molecule has 2 rings (SSSR count). The van der Waals surface area contributed by atoms with Crippen molar-refractivity contribution in [3.8, 4) is 0 Å². The number of nitrogens with zero attached hydrogens (tertiary/aromatic N) is 1. The van der Waals surface area contributed by atoms with Crippen LogP contribution in [0.25, 0.3) is 10.2 Å². The van der Waals surface area contributed by atoms with Gasteiger partial charge in [0, 0.05) is 12.5 Å². The minimum absolute atomic E-state index is 0.549. The van der Waals surface area contributed by atoms with Crippen LogP contribution in [0.15, 0.2) is 24.3 Å². The first-order valence-corrected chi connectivity index (χ1v) is 6.17. The van der Waals surface area contributed by atoms with E-state index in [0.717, 1.165) is 18.5 Å². The fourth-order valence-corrected chi connectivity index (χ4v) is 2.87. The molecule has 0 fully saturated rings. The molecule has 0 amide bonds. The number of hydrogen-bond acceptors (Lipinski definition) is 3. The van der Waals surface area contributed by atoms with Crippen LogP contribution in [0.3, 0.4) is 0 Å². The molecule has 0 bridgehead atoms. The number of nitrogens with one attached hydrogen (secondary N) is 1. The molecular formula is C12H16N2S. The number of rotatable bonds is 4. The second kappa shape index (κ2) is 4.73. The van der Waals surface area contributed by atoms with Crippen LogP contribution in [-0.2, 0) is 0 Å². The van der Waals surface area contributed by atoms with E-state index >= 15 is 0 Å². The van der Waals surface area contributed by atoms with Crippen LogP contribution >= 0.6 is 11.3 Å². The molecule has 80 valence electrons. The lowest BCUT2D eigenvalue weighted by molar-refractivity contribution is 0.609. The first kappa shape index (κ1) is 10.6. The fourth-order valence-electron chi connectivity index (χ4n) is 1.72. The molecule has 3 heteroatoms. The molecule has 0 aliphatic carbocycles. The Morgan fingerprint density at radius 1 is 1.40 bits per heavy atom. The van der Waals surface area contributed by atoms with Crippen molar-refractivity contribution >= 4 is 21.6 Å². The molecule has 0 saturated heterocycles. The van der Waals surface area contributed by atoms with Crippen molar-refractivity contribution in [3.63, 3.8) is 0 Å². The average molecular weight is 220 g/mol. The predicted molar refractivity (Wildman–Crippen MR) is 66.6 cm³/mol. The SMILES string of the molecule is CCC(CNC)c1nc2ccccc2s1. The quantitative estimate of drug-likeness (QED) is 0.856. The van der Waals surface area contributed by atoms with Crippen molar-refractivity contribution in [1.29, 1.82) is 0 Å². The molecule has 0 aliphatic rings. The summed E-state index contributed by atoms with van der Waals surface area (Å²) in [5.74, 6) is 0.549. The highest BCUT2D eigenvalue weighted by Crippen LogP contribution is 2.28. The maximum absolute atomic E-state index is 4.68. The van der Waals surface area contributed by atoms with Crippen LogP contribution in [0.5, 0.6) is 0 Å². The Morgan fingerprint density at radius 3 is 2.87 bits per heavy atom. The Hall–Kier alpha value is -0.930. The number of hydrogen-bond donors (Lipinski definition) is 1. The van der Waals surface area contributed by atoms with Gasteiger partial charge in [-0.25, -0.2) is 4.98 Å². The molecule has 1 N–H and O–H groups in total. The maximum Gasteiger partial charge on any atom is 0.0982 e. The van der Waals surface area contributed by atoms with Gasteiger partial charge in [0.2, 0.25) is 0 Å². The zero-order valence-corrected chi connectivity index (χ0v) is 9.97. The first-order chi connectivity index (χ1) is 7.35. The molecule has 2 nitrogen and oxygen atoms in total. The van der Waals surface area contributed by atoms with Crippen LogP contribution in [0.4, 0.5) is 0 Å². The third kappa shape index (κ3) is 2.19. The number of aromatic nitrogens is 1. The van der Waals surface area contributed by atoms with E-state index in [2.05, 4.69) is 35.4 Å². The maximum atomic E-state index is 4.68. The van der Waals surface area contributed by atoms with Crippen molar-refractivity contribution < 1.29 is 0 Å². The van der Waals surface area contributed by atoms with Gasteiger partial charge in [-0.15, -0.1) is 11.3 Å². The summed E-state index contributed by atoms with van der Waals surface area (Å²) in [6, 6.07) is 8.35. The fraction of sp³-hybridized carbons (Fsp3) is 0.417. The summed E-state index contributed by atoms with van der Waals surface area (Å²) in [5.41, 5.74) is 1.13. The topological polar surface area (TPSA) is 24.9 Å². The monoisotopic (exact) mass is 220 g/mol. The van der Waals surface area contributed by atoms with Crippen LogP contribution in [0.2, 0.25) is 0 Å². The lowest BCUT2D eigenvalue weighted by Crippen LogP contribution is -2.16.